The first-order valence-corrected chi connectivity index (χ1v) is 14.1. The van der Waals surface area contributed by atoms with Crippen LogP contribution < -0.4 is 14.5 Å². The first-order valence-electron chi connectivity index (χ1n) is 13.3. The van der Waals surface area contributed by atoms with Crippen molar-refractivity contribution in [3.63, 3.8) is 0 Å². The second-order valence-electron chi connectivity index (χ2n) is 10.0. The molecule has 2 aliphatic rings. The molecule has 1 aromatic heterocycles. The van der Waals surface area contributed by atoms with E-state index < -0.39 is 6.10 Å². The molecular weight excluding hydrogens is 510 g/mol. The lowest BCUT2D eigenvalue weighted by Gasteiger charge is -2.37. The maximum absolute atomic E-state index is 11.2. The Morgan fingerprint density at radius 1 is 0.923 bits per heavy atom. The molecule has 6 rings (SSSR count). The number of aliphatic hydroxyl groups excluding tert-OH is 1. The van der Waals surface area contributed by atoms with E-state index in [0.717, 1.165) is 49.0 Å². The molecule has 3 aromatic carbocycles. The maximum atomic E-state index is 11.2. The first kappa shape index (κ1) is 25.7. The molecule has 0 bridgehead atoms. The molecule has 0 aliphatic carbocycles. The molecular formula is C29H33N7O2S. The molecule has 1 N–H and O–H groups in total. The van der Waals surface area contributed by atoms with Gasteiger partial charge in [-0.05, 0) is 73.3 Å². The molecule has 4 aromatic rings. The number of rotatable bonds is 8. The lowest BCUT2D eigenvalue weighted by atomic mass is 10.1. The molecule has 0 amide bonds. The average Bonchev–Trinajstić information content (AvgIpc) is 3.45. The fourth-order valence-electron chi connectivity index (χ4n) is 5.04. The number of aryl methyl sites for hydroxylation is 1. The van der Waals surface area contributed by atoms with Crippen LogP contribution in [0.25, 0.3) is 5.69 Å². The van der Waals surface area contributed by atoms with Crippen molar-refractivity contribution in [2.45, 2.75) is 28.7 Å². The number of ether oxygens (including phenoxy) is 1. The molecule has 202 valence electrons. The largest absolute Gasteiger partial charge is 0.497 e. The Morgan fingerprint density at radius 3 is 2.46 bits per heavy atom. The Morgan fingerprint density at radius 2 is 1.67 bits per heavy atom. The van der Waals surface area contributed by atoms with Crippen molar-refractivity contribution >= 4 is 28.8 Å². The van der Waals surface area contributed by atoms with Crippen LogP contribution in [0.5, 0.6) is 5.75 Å². The van der Waals surface area contributed by atoms with Gasteiger partial charge in [-0.3, -0.25) is 0 Å². The lowest BCUT2D eigenvalue weighted by Crippen LogP contribution is -2.44. The standard InChI is InChI=1S/C29H33N7O2S/c1-33-15-17-34(18-16-33)22-9-13-28-26(19-22)35(25-5-3-4-6-27(25)39-28)20-23(37)10-14-29-30-32-36(31-29)21-7-11-24(38-2)12-8-21/h3-9,11-13,19,23,37H,10,14-18,20H2,1-2H3/t23-/m1/s1. The number of benzene rings is 3. The number of nitrogens with zero attached hydrogens (tertiary/aromatic N) is 7. The van der Waals surface area contributed by atoms with E-state index in [2.05, 4.69) is 79.6 Å². The zero-order chi connectivity index (χ0) is 26.8. The number of hydrogen-bond acceptors (Lipinski definition) is 9. The van der Waals surface area contributed by atoms with Crippen molar-refractivity contribution in [2.75, 3.05) is 56.7 Å². The summed E-state index contributed by atoms with van der Waals surface area (Å²) >= 11 is 1.79. The third kappa shape index (κ3) is 5.59. The number of para-hydroxylation sites is 1. The predicted molar refractivity (Wildman–Crippen MR) is 154 cm³/mol. The Kier molecular flexibility index (Phi) is 7.40. The summed E-state index contributed by atoms with van der Waals surface area (Å²) in [6.45, 7) is 4.66. The van der Waals surface area contributed by atoms with Gasteiger partial charge in [-0.2, -0.15) is 0 Å². The van der Waals surface area contributed by atoms with Crippen LogP contribution in [0.1, 0.15) is 12.2 Å². The first-order chi connectivity index (χ1) is 19.1. The zero-order valence-electron chi connectivity index (χ0n) is 22.3. The van der Waals surface area contributed by atoms with Crippen LogP contribution in [0.4, 0.5) is 17.1 Å². The number of β-amino-alcohol motifs (C(OH)–C–C–N with tert-alkyl or cyclic N) is 1. The number of aliphatic hydroxyl groups is 1. The molecule has 3 heterocycles. The van der Waals surface area contributed by atoms with Crippen LogP contribution in [-0.2, 0) is 6.42 Å². The second-order valence-corrected chi connectivity index (χ2v) is 11.1. The molecule has 2 aliphatic heterocycles. The average molecular weight is 544 g/mol. The Hall–Kier alpha value is -3.60. The Balaban J connectivity index is 1.17. The molecule has 10 heteroatoms. The molecule has 9 nitrogen and oxygen atoms in total. The fourth-order valence-corrected chi connectivity index (χ4v) is 6.12. The SMILES string of the molecule is COc1ccc(-n2nnc(CC[C@@H](O)CN3c4ccccc4Sc4ccc(N5CCN(C)CC5)cc43)n2)cc1. The van der Waals surface area contributed by atoms with Crippen LogP contribution in [0.2, 0.25) is 0 Å². The minimum atomic E-state index is -0.561. The highest BCUT2D eigenvalue weighted by Gasteiger charge is 2.27. The van der Waals surface area contributed by atoms with Crippen LogP contribution in [0.15, 0.2) is 76.5 Å². The van der Waals surface area contributed by atoms with Crippen molar-refractivity contribution in [1.82, 2.24) is 25.1 Å². The monoisotopic (exact) mass is 543 g/mol. The minimum Gasteiger partial charge on any atom is -0.497 e. The third-order valence-electron chi connectivity index (χ3n) is 7.33. The minimum absolute atomic E-state index is 0.489. The number of methoxy groups -OCH3 is 1. The summed E-state index contributed by atoms with van der Waals surface area (Å²) in [5, 5.41) is 24.1. The summed E-state index contributed by atoms with van der Waals surface area (Å²) in [6, 6.07) is 22.7. The molecule has 0 unspecified atom stereocenters. The van der Waals surface area contributed by atoms with Gasteiger partial charge in [-0.15, -0.1) is 15.0 Å². The summed E-state index contributed by atoms with van der Waals surface area (Å²) in [4.78, 5) is 11.0. The van der Waals surface area contributed by atoms with Gasteiger partial charge in [0.2, 0.25) is 0 Å². The smallest absolute Gasteiger partial charge is 0.175 e. The van der Waals surface area contributed by atoms with Gasteiger partial charge in [-0.25, -0.2) is 0 Å². The molecule has 39 heavy (non-hydrogen) atoms. The van der Waals surface area contributed by atoms with Gasteiger partial charge in [-0.1, -0.05) is 23.9 Å². The number of fused-ring (bicyclic) bond motifs is 2. The molecule has 0 saturated carbocycles. The van der Waals surface area contributed by atoms with Crippen LogP contribution in [0, 0.1) is 0 Å². The van der Waals surface area contributed by atoms with E-state index in [4.69, 9.17) is 4.74 Å². The topological polar surface area (TPSA) is 82.8 Å². The summed E-state index contributed by atoms with van der Waals surface area (Å²) in [5.41, 5.74) is 4.33. The van der Waals surface area contributed by atoms with Crippen LogP contribution in [-0.4, -0.2) is 83.2 Å². The van der Waals surface area contributed by atoms with Gasteiger partial charge >= 0.3 is 0 Å². The van der Waals surface area contributed by atoms with Gasteiger partial charge in [0.15, 0.2) is 5.82 Å². The zero-order valence-corrected chi connectivity index (χ0v) is 23.1. The maximum Gasteiger partial charge on any atom is 0.175 e. The van der Waals surface area contributed by atoms with Crippen molar-refractivity contribution in [1.29, 1.82) is 0 Å². The second kappa shape index (κ2) is 11.3. The van der Waals surface area contributed by atoms with Crippen molar-refractivity contribution < 1.29 is 9.84 Å². The number of likely N-dealkylation sites (N-methyl/N-ethyl adjacent to an activating group) is 1. The molecule has 1 saturated heterocycles. The third-order valence-corrected chi connectivity index (χ3v) is 8.46. The highest BCUT2D eigenvalue weighted by molar-refractivity contribution is 7.99. The van der Waals surface area contributed by atoms with Gasteiger partial charge in [0, 0.05) is 54.6 Å². The number of anilines is 3. The molecule has 1 fully saturated rings. The van der Waals surface area contributed by atoms with Crippen molar-refractivity contribution in [3.05, 3.63) is 72.6 Å². The highest BCUT2D eigenvalue weighted by Crippen LogP contribution is 2.49. The molecule has 1 atom stereocenters. The van der Waals surface area contributed by atoms with Crippen LogP contribution >= 0.6 is 11.8 Å². The van der Waals surface area contributed by atoms with Gasteiger partial charge in [0.1, 0.15) is 5.75 Å². The van der Waals surface area contributed by atoms with Crippen molar-refractivity contribution in [3.8, 4) is 11.4 Å². The van der Waals surface area contributed by atoms with Gasteiger partial charge < -0.3 is 24.5 Å². The summed E-state index contributed by atoms with van der Waals surface area (Å²) in [7, 11) is 3.81. The summed E-state index contributed by atoms with van der Waals surface area (Å²) in [6.07, 6.45) is 0.512. The fraction of sp³-hybridized carbons (Fsp3) is 0.345. The van der Waals surface area contributed by atoms with E-state index in [-0.39, 0.29) is 0 Å². The van der Waals surface area contributed by atoms with Crippen molar-refractivity contribution in [2.24, 2.45) is 0 Å². The number of tetrazole rings is 1. The van der Waals surface area contributed by atoms with Gasteiger partial charge in [0.25, 0.3) is 0 Å². The summed E-state index contributed by atoms with van der Waals surface area (Å²) in [5.74, 6) is 1.38. The number of piperazine rings is 1. The van der Waals surface area contributed by atoms with Crippen LogP contribution in [0.3, 0.4) is 0 Å². The van der Waals surface area contributed by atoms with E-state index in [9.17, 15) is 5.11 Å². The molecule has 0 spiro atoms. The Bertz CT molecular complexity index is 1420. The highest BCUT2D eigenvalue weighted by atomic mass is 32.2. The Labute approximate surface area is 233 Å². The van der Waals surface area contributed by atoms with E-state index in [1.807, 2.05) is 24.3 Å². The summed E-state index contributed by atoms with van der Waals surface area (Å²) < 4.78 is 5.22. The number of hydrogen-bond donors (Lipinski definition) is 1. The van der Waals surface area contributed by atoms with E-state index in [0.29, 0.717) is 25.2 Å². The number of aromatic nitrogens is 4. The van der Waals surface area contributed by atoms with Gasteiger partial charge in [0.05, 0.1) is 30.3 Å². The normalized spacial score (nSPS) is 16.1. The van der Waals surface area contributed by atoms with E-state index in [1.54, 1.807) is 18.9 Å². The van der Waals surface area contributed by atoms with E-state index >= 15 is 0 Å². The lowest BCUT2D eigenvalue weighted by molar-refractivity contribution is 0.172. The quantitative estimate of drug-likeness (QED) is 0.354. The van der Waals surface area contributed by atoms with E-state index in [1.165, 1.54) is 20.3 Å². The molecule has 0 radical (unpaired) electrons. The predicted octanol–water partition coefficient (Wildman–Crippen LogP) is 4.02.